The topological polar surface area (TPSA) is 23.5 Å². The van der Waals surface area contributed by atoms with E-state index in [4.69, 9.17) is 0 Å². The fourth-order valence-electron chi connectivity index (χ4n) is 2.14. The summed E-state index contributed by atoms with van der Waals surface area (Å²) >= 11 is 0. The first-order valence-electron chi connectivity index (χ1n) is 5.66. The summed E-state index contributed by atoms with van der Waals surface area (Å²) in [5, 5.41) is 9.77. The third-order valence-electron chi connectivity index (χ3n) is 3.49. The number of likely N-dealkylation sites (tertiary alicyclic amines) is 1. The Labute approximate surface area is 80.9 Å². The molecule has 0 bridgehead atoms. The SMILES string of the molecule is CC1CCN(CC(O)C2CC2)CC1. The summed E-state index contributed by atoms with van der Waals surface area (Å²) in [6, 6.07) is 0. The average Bonchev–Trinajstić information content (AvgIpc) is 2.91. The van der Waals surface area contributed by atoms with Crippen LogP contribution in [0.4, 0.5) is 0 Å². The summed E-state index contributed by atoms with van der Waals surface area (Å²) in [4.78, 5) is 2.43. The highest BCUT2D eigenvalue weighted by Gasteiger charge is 2.31. The van der Waals surface area contributed by atoms with Crippen LogP contribution in [0.1, 0.15) is 32.6 Å². The highest BCUT2D eigenvalue weighted by atomic mass is 16.3. The Hall–Kier alpha value is -0.0800. The van der Waals surface area contributed by atoms with E-state index in [2.05, 4.69) is 11.8 Å². The fourth-order valence-corrected chi connectivity index (χ4v) is 2.14. The molecule has 76 valence electrons. The Bertz CT molecular complexity index is 159. The van der Waals surface area contributed by atoms with Gasteiger partial charge in [0, 0.05) is 6.54 Å². The van der Waals surface area contributed by atoms with Crippen molar-refractivity contribution >= 4 is 0 Å². The molecule has 1 heterocycles. The zero-order valence-electron chi connectivity index (χ0n) is 8.58. The maximum atomic E-state index is 9.77. The molecular weight excluding hydrogens is 162 g/mol. The van der Waals surface area contributed by atoms with Gasteiger partial charge in [0.25, 0.3) is 0 Å². The molecule has 1 N–H and O–H groups in total. The van der Waals surface area contributed by atoms with Gasteiger partial charge in [0.1, 0.15) is 0 Å². The lowest BCUT2D eigenvalue weighted by atomic mass is 9.99. The monoisotopic (exact) mass is 183 g/mol. The smallest absolute Gasteiger partial charge is 0.0695 e. The molecule has 0 spiro atoms. The van der Waals surface area contributed by atoms with Gasteiger partial charge < -0.3 is 10.0 Å². The number of piperidine rings is 1. The molecule has 1 aliphatic carbocycles. The lowest BCUT2D eigenvalue weighted by Crippen LogP contribution is -2.39. The van der Waals surface area contributed by atoms with E-state index in [1.165, 1.54) is 38.8 Å². The van der Waals surface area contributed by atoms with Crippen molar-refractivity contribution in [3.63, 3.8) is 0 Å². The standard InChI is InChI=1S/C11H21NO/c1-9-4-6-12(7-5-9)8-11(13)10-2-3-10/h9-11,13H,2-8H2,1H3. The Balaban J connectivity index is 1.69. The number of rotatable bonds is 3. The van der Waals surface area contributed by atoms with Crippen molar-refractivity contribution in [1.82, 2.24) is 4.90 Å². The van der Waals surface area contributed by atoms with Gasteiger partial charge >= 0.3 is 0 Å². The first-order chi connectivity index (χ1) is 6.25. The first-order valence-corrected chi connectivity index (χ1v) is 5.66. The van der Waals surface area contributed by atoms with Gasteiger partial charge in [0.15, 0.2) is 0 Å². The fraction of sp³-hybridized carbons (Fsp3) is 1.00. The highest BCUT2D eigenvalue weighted by molar-refractivity contribution is 4.83. The van der Waals surface area contributed by atoms with Crippen molar-refractivity contribution in [1.29, 1.82) is 0 Å². The van der Waals surface area contributed by atoms with Crippen LogP contribution in [-0.2, 0) is 0 Å². The number of hydrogen-bond donors (Lipinski definition) is 1. The molecule has 0 aromatic rings. The number of nitrogens with zero attached hydrogens (tertiary/aromatic N) is 1. The molecule has 2 heteroatoms. The molecule has 2 nitrogen and oxygen atoms in total. The number of β-amino-alcohol motifs (C(OH)–C–C–N with tert-alkyl or cyclic N) is 1. The van der Waals surface area contributed by atoms with Crippen molar-refractivity contribution in [2.24, 2.45) is 11.8 Å². The molecule has 1 saturated heterocycles. The molecule has 1 unspecified atom stereocenters. The normalized spacial score (nSPS) is 29.1. The summed E-state index contributed by atoms with van der Waals surface area (Å²) in [5.41, 5.74) is 0. The minimum Gasteiger partial charge on any atom is -0.392 e. The van der Waals surface area contributed by atoms with Crippen LogP contribution >= 0.6 is 0 Å². The van der Waals surface area contributed by atoms with Gasteiger partial charge in [-0.25, -0.2) is 0 Å². The molecule has 1 atom stereocenters. The summed E-state index contributed by atoms with van der Waals surface area (Å²) in [7, 11) is 0. The molecule has 2 rings (SSSR count). The van der Waals surface area contributed by atoms with Crippen molar-refractivity contribution in [3.05, 3.63) is 0 Å². The van der Waals surface area contributed by atoms with Crippen LogP contribution in [0.3, 0.4) is 0 Å². The molecule has 0 aromatic heterocycles. The van der Waals surface area contributed by atoms with Crippen LogP contribution < -0.4 is 0 Å². The van der Waals surface area contributed by atoms with E-state index in [1.807, 2.05) is 0 Å². The van der Waals surface area contributed by atoms with E-state index < -0.39 is 0 Å². The van der Waals surface area contributed by atoms with E-state index in [0.29, 0.717) is 5.92 Å². The second-order valence-electron chi connectivity index (χ2n) is 4.89. The van der Waals surface area contributed by atoms with Gasteiger partial charge in [0.05, 0.1) is 6.10 Å². The third-order valence-corrected chi connectivity index (χ3v) is 3.49. The lowest BCUT2D eigenvalue weighted by Gasteiger charge is -2.31. The van der Waals surface area contributed by atoms with Crippen molar-refractivity contribution in [2.75, 3.05) is 19.6 Å². The van der Waals surface area contributed by atoms with Gasteiger partial charge in [-0.1, -0.05) is 6.92 Å². The molecule has 2 fully saturated rings. The van der Waals surface area contributed by atoms with Gasteiger partial charge in [-0.3, -0.25) is 0 Å². The maximum Gasteiger partial charge on any atom is 0.0695 e. The highest BCUT2D eigenvalue weighted by Crippen LogP contribution is 2.33. The molecule has 2 aliphatic rings. The van der Waals surface area contributed by atoms with Crippen LogP contribution in [0.5, 0.6) is 0 Å². The Morgan fingerprint density at radius 1 is 1.23 bits per heavy atom. The van der Waals surface area contributed by atoms with Gasteiger partial charge in [-0.15, -0.1) is 0 Å². The minimum absolute atomic E-state index is 0.0339. The summed E-state index contributed by atoms with van der Waals surface area (Å²) in [5.74, 6) is 1.54. The second-order valence-corrected chi connectivity index (χ2v) is 4.89. The Morgan fingerprint density at radius 2 is 1.85 bits per heavy atom. The van der Waals surface area contributed by atoms with E-state index in [0.717, 1.165) is 12.5 Å². The summed E-state index contributed by atoms with van der Waals surface area (Å²) in [6.07, 6.45) is 5.11. The van der Waals surface area contributed by atoms with Crippen LogP contribution in [0.2, 0.25) is 0 Å². The van der Waals surface area contributed by atoms with Gasteiger partial charge in [-0.2, -0.15) is 0 Å². The van der Waals surface area contributed by atoms with Crippen LogP contribution in [0.15, 0.2) is 0 Å². The number of aliphatic hydroxyl groups is 1. The molecule has 1 saturated carbocycles. The largest absolute Gasteiger partial charge is 0.392 e. The van der Waals surface area contributed by atoms with Crippen LogP contribution in [0, 0.1) is 11.8 Å². The van der Waals surface area contributed by atoms with Gasteiger partial charge in [-0.05, 0) is 50.6 Å². The summed E-state index contributed by atoms with van der Waals surface area (Å²) in [6.45, 7) is 5.65. The zero-order valence-corrected chi connectivity index (χ0v) is 8.58. The predicted octanol–water partition coefficient (Wildman–Crippen LogP) is 1.49. The zero-order chi connectivity index (χ0) is 9.26. The summed E-state index contributed by atoms with van der Waals surface area (Å²) < 4.78 is 0. The molecule has 0 amide bonds. The van der Waals surface area contributed by atoms with Crippen LogP contribution in [0.25, 0.3) is 0 Å². The van der Waals surface area contributed by atoms with Gasteiger partial charge in [0.2, 0.25) is 0 Å². The van der Waals surface area contributed by atoms with Crippen molar-refractivity contribution in [3.8, 4) is 0 Å². The molecule has 0 radical (unpaired) electrons. The molecule has 0 aromatic carbocycles. The number of aliphatic hydroxyl groups excluding tert-OH is 1. The van der Waals surface area contributed by atoms with Crippen molar-refractivity contribution < 1.29 is 5.11 Å². The molecule has 1 aliphatic heterocycles. The second kappa shape index (κ2) is 3.97. The molecular formula is C11H21NO. The quantitative estimate of drug-likeness (QED) is 0.716. The maximum absolute atomic E-state index is 9.77. The molecule has 13 heavy (non-hydrogen) atoms. The third kappa shape index (κ3) is 2.68. The first kappa shape index (κ1) is 9.47. The van der Waals surface area contributed by atoms with E-state index in [-0.39, 0.29) is 6.10 Å². The van der Waals surface area contributed by atoms with E-state index >= 15 is 0 Å². The minimum atomic E-state index is -0.0339. The number of hydrogen-bond acceptors (Lipinski definition) is 2. The van der Waals surface area contributed by atoms with E-state index in [9.17, 15) is 5.11 Å². The van der Waals surface area contributed by atoms with Crippen LogP contribution in [-0.4, -0.2) is 35.7 Å². The Morgan fingerprint density at radius 3 is 2.38 bits per heavy atom. The predicted molar refractivity (Wildman–Crippen MR) is 53.6 cm³/mol. The average molecular weight is 183 g/mol. The lowest BCUT2D eigenvalue weighted by molar-refractivity contribution is 0.0776. The van der Waals surface area contributed by atoms with E-state index in [1.54, 1.807) is 0 Å². The Kier molecular flexibility index (Phi) is 2.89. The van der Waals surface area contributed by atoms with Crippen molar-refractivity contribution in [2.45, 2.75) is 38.7 Å².